The molecule has 4 nitrogen and oxygen atoms in total. The van der Waals surface area contributed by atoms with E-state index < -0.39 is 0 Å². The minimum Gasteiger partial charge on any atom is -0.507 e. The van der Waals surface area contributed by atoms with Crippen molar-refractivity contribution in [3.63, 3.8) is 0 Å². The number of hydrogen-bond donors (Lipinski definition) is 1. The lowest BCUT2D eigenvalue weighted by atomic mass is 9.79. The first-order valence-corrected chi connectivity index (χ1v) is 16.5. The van der Waals surface area contributed by atoms with Crippen molar-refractivity contribution in [2.45, 2.75) is 98.8 Å². The maximum absolute atomic E-state index is 11.3. The molecule has 1 heterocycles. The second-order valence-electron chi connectivity index (χ2n) is 16.2. The summed E-state index contributed by atoms with van der Waals surface area (Å²) in [5.41, 5.74) is 10.2. The van der Waals surface area contributed by atoms with E-state index in [9.17, 15) is 5.11 Å². The average Bonchev–Trinajstić information content (AvgIpc) is 3.39. The number of aromatic nitrogens is 1. The highest BCUT2D eigenvalue weighted by molar-refractivity contribution is 5.94. The molecule has 5 aromatic rings. The Morgan fingerprint density at radius 1 is 0.761 bits per heavy atom. The van der Waals surface area contributed by atoms with Crippen molar-refractivity contribution < 1.29 is 9.52 Å². The molecule has 0 aliphatic carbocycles. The lowest BCUT2D eigenvalue weighted by Crippen LogP contribution is -2.17. The zero-order valence-electron chi connectivity index (χ0n) is 29.5. The lowest BCUT2D eigenvalue weighted by Gasteiger charge is -2.27. The quantitative estimate of drug-likeness (QED) is 0.194. The highest BCUT2D eigenvalue weighted by Gasteiger charge is 2.25. The van der Waals surface area contributed by atoms with Gasteiger partial charge in [0.25, 0.3) is 0 Å². The molecule has 1 N–H and O–H groups in total. The van der Waals surface area contributed by atoms with Crippen molar-refractivity contribution >= 4 is 23.0 Å². The Labute approximate surface area is 275 Å². The second kappa shape index (κ2) is 12.2. The molecule has 0 radical (unpaired) electrons. The Balaban J connectivity index is 1.62. The van der Waals surface area contributed by atoms with Crippen molar-refractivity contribution in [3.8, 4) is 28.3 Å². The number of hydrogen-bond acceptors (Lipinski definition) is 4. The Morgan fingerprint density at radius 3 is 2.00 bits per heavy atom. The summed E-state index contributed by atoms with van der Waals surface area (Å²) < 4.78 is 6.54. The van der Waals surface area contributed by atoms with Gasteiger partial charge in [-0.25, -0.2) is 4.98 Å². The van der Waals surface area contributed by atoms with Gasteiger partial charge in [-0.15, -0.1) is 0 Å². The van der Waals surface area contributed by atoms with Crippen molar-refractivity contribution in [2.24, 2.45) is 10.9 Å². The Bertz CT molecular complexity index is 1890. The van der Waals surface area contributed by atoms with Gasteiger partial charge in [-0.1, -0.05) is 119 Å². The molecule has 0 unspecified atom stereocenters. The Morgan fingerprint density at radius 2 is 1.39 bits per heavy atom. The molecule has 0 aliphatic rings. The van der Waals surface area contributed by atoms with Crippen LogP contribution in [0.2, 0.25) is 0 Å². The third kappa shape index (κ3) is 7.12. The van der Waals surface area contributed by atoms with Crippen molar-refractivity contribution in [1.82, 2.24) is 4.98 Å². The average molecular weight is 615 g/mol. The molecule has 240 valence electrons. The van der Waals surface area contributed by atoms with E-state index in [0.29, 0.717) is 17.4 Å². The number of aliphatic imine (C=N–C) groups is 1. The van der Waals surface area contributed by atoms with E-state index in [-0.39, 0.29) is 22.0 Å². The molecule has 1 aromatic heterocycles. The zero-order valence-corrected chi connectivity index (χ0v) is 29.5. The number of oxazole rings is 1. The molecule has 0 saturated carbocycles. The molecule has 0 fully saturated rings. The third-order valence-corrected chi connectivity index (χ3v) is 8.56. The van der Waals surface area contributed by atoms with E-state index in [1.54, 1.807) is 6.21 Å². The van der Waals surface area contributed by atoms with Crippen LogP contribution in [0.4, 0.5) is 5.69 Å². The molecule has 4 aromatic carbocycles. The Kier molecular flexibility index (Phi) is 8.81. The first-order valence-electron chi connectivity index (χ1n) is 16.5. The van der Waals surface area contributed by atoms with E-state index >= 15 is 0 Å². The van der Waals surface area contributed by atoms with Gasteiger partial charge in [-0.2, -0.15) is 0 Å². The molecule has 0 saturated heterocycles. The van der Waals surface area contributed by atoms with E-state index in [1.165, 1.54) is 11.1 Å². The topological polar surface area (TPSA) is 58.6 Å². The van der Waals surface area contributed by atoms with Crippen LogP contribution in [0.3, 0.4) is 0 Å². The monoisotopic (exact) mass is 614 g/mol. The SMILES string of the molecule is CC(C)Cc1ccc(-c2cc(C(C)(C)C)cc3oc(-c4ccccc4N=Cc4cc(C(C)(C)C)cc(C(C)(C)C)c4O)nc23)cc1. The molecule has 0 atom stereocenters. The van der Waals surface area contributed by atoms with Crippen molar-refractivity contribution in [3.05, 3.63) is 101 Å². The van der Waals surface area contributed by atoms with Gasteiger partial charge in [0.1, 0.15) is 11.3 Å². The van der Waals surface area contributed by atoms with Gasteiger partial charge < -0.3 is 9.52 Å². The predicted octanol–water partition coefficient (Wildman–Crippen LogP) is 11.7. The molecule has 0 amide bonds. The number of nitrogens with zero attached hydrogens (tertiary/aromatic N) is 2. The third-order valence-electron chi connectivity index (χ3n) is 8.56. The highest BCUT2D eigenvalue weighted by atomic mass is 16.3. The summed E-state index contributed by atoms with van der Waals surface area (Å²) >= 11 is 0. The number of para-hydroxylation sites is 1. The smallest absolute Gasteiger partial charge is 0.229 e. The number of aromatic hydroxyl groups is 1. The van der Waals surface area contributed by atoms with Crippen LogP contribution < -0.4 is 0 Å². The number of fused-ring (bicyclic) bond motifs is 1. The predicted molar refractivity (Wildman–Crippen MR) is 195 cm³/mol. The van der Waals surface area contributed by atoms with Gasteiger partial charge in [-0.05, 0) is 81.2 Å². The summed E-state index contributed by atoms with van der Waals surface area (Å²) in [6.07, 6.45) is 2.82. The lowest BCUT2D eigenvalue weighted by molar-refractivity contribution is 0.444. The molecule has 0 bridgehead atoms. The summed E-state index contributed by atoms with van der Waals surface area (Å²) in [5, 5.41) is 11.3. The minimum atomic E-state index is -0.220. The van der Waals surface area contributed by atoms with Gasteiger partial charge in [0.2, 0.25) is 5.89 Å². The van der Waals surface area contributed by atoms with Gasteiger partial charge in [0, 0.05) is 22.9 Å². The first kappa shape index (κ1) is 33.2. The maximum Gasteiger partial charge on any atom is 0.229 e. The van der Waals surface area contributed by atoms with Crippen LogP contribution >= 0.6 is 0 Å². The first-order chi connectivity index (χ1) is 21.4. The maximum atomic E-state index is 11.3. The normalized spacial score (nSPS) is 13.0. The summed E-state index contributed by atoms with van der Waals surface area (Å²) in [7, 11) is 0. The number of phenolic OH excluding ortho intramolecular Hbond substituents is 1. The molecule has 4 heteroatoms. The van der Waals surface area contributed by atoms with Gasteiger partial charge in [0.15, 0.2) is 5.58 Å². The summed E-state index contributed by atoms with van der Waals surface area (Å²) in [6, 6.07) is 25.3. The largest absolute Gasteiger partial charge is 0.507 e. The fraction of sp³-hybridized carbons (Fsp3) is 0.381. The fourth-order valence-electron chi connectivity index (χ4n) is 5.76. The molecule has 5 rings (SSSR count). The number of rotatable bonds is 6. The molecule has 0 spiro atoms. The van der Waals surface area contributed by atoms with Crippen LogP contribution in [0.1, 0.15) is 104 Å². The number of phenols is 1. The standard InChI is InChI=1S/C42H50N2O2/c1-26(2)20-27-16-18-28(19-17-27)33-22-31(41(6,7)8)24-36-37(33)44-39(46-36)32-14-12-13-15-35(32)43-25-29-21-30(40(3,4)5)23-34(38(29)45)42(9,10)11/h12-19,21-26,45H,20H2,1-11H3. The molecular weight excluding hydrogens is 564 g/mol. The van der Waals surface area contributed by atoms with Crippen LogP contribution in [0.25, 0.3) is 33.7 Å². The summed E-state index contributed by atoms with van der Waals surface area (Å²) in [4.78, 5) is 10.0. The molecular formula is C42H50N2O2. The van der Waals surface area contributed by atoms with E-state index in [0.717, 1.165) is 51.0 Å². The summed E-state index contributed by atoms with van der Waals surface area (Å²) in [5.74, 6) is 1.39. The van der Waals surface area contributed by atoms with Crippen LogP contribution in [-0.4, -0.2) is 16.3 Å². The molecule has 0 aliphatic heterocycles. The van der Waals surface area contributed by atoms with Crippen LogP contribution in [0, 0.1) is 5.92 Å². The van der Waals surface area contributed by atoms with Crippen LogP contribution in [-0.2, 0) is 22.7 Å². The molecule has 46 heavy (non-hydrogen) atoms. The van der Waals surface area contributed by atoms with E-state index in [4.69, 9.17) is 14.4 Å². The van der Waals surface area contributed by atoms with Crippen molar-refractivity contribution in [1.29, 1.82) is 0 Å². The second-order valence-corrected chi connectivity index (χ2v) is 16.2. The highest BCUT2D eigenvalue weighted by Crippen LogP contribution is 2.40. The fourth-order valence-corrected chi connectivity index (χ4v) is 5.76. The van der Waals surface area contributed by atoms with Crippen molar-refractivity contribution in [2.75, 3.05) is 0 Å². The number of benzene rings is 4. The van der Waals surface area contributed by atoms with Gasteiger partial charge >= 0.3 is 0 Å². The zero-order chi connectivity index (χ0) is 33.6. The van der Waals surface area contributed by atoms with E-state index in [2.05, 4.69) is 119 Å². The van der Waals surface area contributed by atoms with Crippen LogP contribution in [0.15, 0.2) is 82.2 Å². The summed E-state index contributed by atoms with van der Waals surface area (Å²) in [6.45, 7) is 24.1. The minimum absolute atomic E-state index is 0.0643. The van der Waals surface area contributed by atoms with E-state index in [1.807, 2.05) is 30.3 Å². The van der Waals surface area contributed by atoms with Gasteiger partial charge in [0.05, 0.1) is 11.3 Å². The van der Waals surface area contributed by atoms with Gasteiger partial charge in [-0.3, -0.25) is 4.99 Å². The Hall–Kier alpha value is -4.18. The van der Waals surface area contributed by atoms with Crippen LogP contribution in [0.5, 0.6) is 5.75 Å².